The zero-order valence-corrected chi connectivity index (χ0v) is 13.5. The summed E-state index contributed by atoms with van der Waals surface area (Å²) in [6, 6.07) is 5.27. The predicted octanol–water partition coefficient (Wildman–Crippen LogP) is 3.98. The smallest absolute Gasteiger partial charge is 0.291 e. The third-order valence-electron chi connectivity index (χ3n) is 2.91. The van der Waals surface area contributed by atoms with Gasteiger partial charge in [-0.2, -0.15) is 4.98 Å². The average Bonchev–Trinajstić information content (AvgIpc) is 2.35. The minimum absolute atomic E-state index is 0.301. The van der Waals surface area contributed by atoms with E-state index in [1.54, 1.807) is 29.7 Å². The van der Waals surface area contributed by atoms with Crippen LogP contribution in [0.3, 0.4) is 0 Å². The number of rotatable bonds is 2. The van der Waals surface area contributed by atoms with Gasteiger partial charge in [-0.1, -0.05) is 29.3 Å². The molecular formula is C13H11BrCl2N2O. The van der Waals surface area contributed by atoms with E-state index < -0.39 is 0 Å². The Hall–Kier alpha value is -0.840. The Balaban J connectivity index is 2.57. The first-order valence-corrected chi connectivity index (χ1v) is 7.13. The lowest BCUT2D eigenvalue weighted by Gasteiger charge is -2.14. The molecule has 2 rings (SSSR count). The first-order chi connectivity index (χ1) is 8.91. The Labute approximate surface area is 129 Å². The van der Waals surface area contributed by atoms with E-state index in [4.69, 9.17) is 23.2 Å². The molecule has 0 radical (unpaired) electrons. The van der Waals surface area contributed by atoms with Crippen LogP contribution in [0.2, 0.25) is 10.0 Å². The van der Waals surface area contributed by atoms with Crippen LogP contribution in [0.15, 0.2) is 27.5 Å². The second-order valence-electron chi connectivity index (χ2n) is 4.17. The molecule has 0 fully saturated rings. The largest absolute Gasteiger partial charge is 0.348 e. The Morgan fingerprint density at radius 2 is 1.84 bits per heavy atom. The summed E-state index contributed by atoms with van der Waals surface area (Å²) in [4.78, 5) is 15.9. The van der Waals surface area contributed by atoms with Gasteiger partial charge in [0.1, 0.15) is 0 Å². The molecule has 6 heteroatoms. The molecule has 0 aliphatic heterocycles. The van der Waals surface area contributed by atoms with Gasteiger partial charge in [0.05, 0.1) is 16.7 Å². The fourth-order valence-corrected chi connectivity index (χ4v) is 2.62. The van der Waals surface area contributed by atoms with Gasteiger partial charge in [-0.05, 0) is 41.9 Å². The van der Waals surface area contributed by atoms with E-state index in [-0.39, 0.29) is 5.69 Å². The van der Waals surface area contributed by atoms with Gasteiger partial charge in [0.15, 0.2) is 0 Å². The summed E-state index contributed by atoms with van der Waals surface area (Å²) in [6.07, 6.45) is 0. The molecule has 2 aromatic rings. The molecule has 3 nitrogen and oxygen atoms in total. The number of benzene rings is 1. The van der Waals surface area contributed by atoms with Crippen LogP contribution in [-0.4, -0.2) is 9.55 Å². The average molecular weight is 362 g/mol. The molecule has 0 unspecified atom stereocenters. The van der Waals surface area contributed by atoms with Crippen LogP contribution >= 0.6 is 39.1 Å². The monoisotopic (exact) mass is 360 g/mol. The Bertz CT molecular complexity index is 678. The number of aromatic nitrogens is 2. The zero-order valence-electron chi connectivity index (χ0n) is 10.4. The van der Waals surface area contributed by atoms with Crippen LogP contribution in [0, 0.1) is 13.8 Å². The SMILES string of the molecule is Cc1nc(=O)n(Cc2c(Cl)cccc2Cl)c(C)c1Br. The number of aryl methyl sites for hydroxylation is 1. The minimum atomic E-state index is -0.311. The van der Waals surface area contributed by atoms with Crippen molar-refractivity contribution >= 4 is 39.1 Å². The van der Waals surface area contributed by atoms with Crippen LogP contribution in [0.5, 0.6) is 0 Å². The highest BCUT2D eigenvalue weighted by molar-refractivity contribution is 9.10. The molecule has 1 heterocycles. The van der Waals surface area contributed by atoms with Crippen LogP contribution in [0.4, 0.5) is 0 Å². The zero-order chi connectivity index (χ0) is 14.2. The van der Waals surface area contributed by atoms with E-state index in [0.717, 1.165) is 10.2 Å². The van der Waals surface area contributed by atoms with Gasteiger partial charge < -0.3 is 0 Å². The van der Waals surface area contributed by atoms with Gasteiger partial charge in [-0.3, -0.25) is 4.57 Å². The maximum Gasteiger partial charge on any atom is 0.348 e. The molecule has 19 heavy (non-hydrogen) atoms. The van der Waals surface area contributed by atoms with E-state index >= 15 is 0 Å². The van der Waals surface area contributed by atoms with Gasteiger partial charge in [0, 0.05) is 21.3 Å². The van der Waals surface area contributed by atoms with Crippen molar-refractivity contribution in [3.05, 3.63) is 60.2 Å². The van der Waals surface area contributed by atoms with Crippen molar-refractivity contribution in [1.29, 1.82) is 0 Å². The lowest BCUT2D eigenvalue weighted by Crippen LogP contribution is -2.27. The summed E-state index contributed by atoms with van der Waals surface area (Å²) >= 11 is 15.7. The summed E-state index contributed by atoms with van der Waals surface area (Å²) in [5.41, 5.74) is 1.88. The molecule has 100 valence electrons. The first kappa shape index (κ1) is 14.6. The highest BCUT2D eigenvalue weighted by Gasteiger charge is 2.12. The van der Waals surface area contributed by atoms with Crippen molar-refractivity contribution in [2.45, 2.75) is 20.4 Å². The third-order valence-corrected chi connectivity index (χ3v) is 4.77. The molecular weight excluding hydrogens is 351 g/mol. The normalized spacial score (nSPS) is 10.8. The Morgan fingerprint density at radius 1 is 1.26 bits per heavy atom. The van der Waals surface area contributed by atoms with E-state index in [9.17, 15) is 4.79 Å². The Morgan fingerprint density at radius 3 is 2.42 bits per heavy atom. The number of hydrogen-bond acceptors (Lipinski definition) is 2. The van der Waals surface area contributed by atoms with Crippen molar-refractivity contribution in [2.24, 2.45) is 0 Å². The van der Waals surface area contributed by atoms with E-state index in [2.05, 4.69) is 20.9 Å². The van der Waals surface area contributed by atoms with Gasteiger partial charge in [0.25, 0.3) is 0 Å². The molecule has 0 aliphatic rings. The summed E-state index contributed by atoms with van der Waals surface area (Å²) < 4.78 is 2.36. The highest BCUT2D eigenvalue weighted by atomic mass is 79.9. The molecule has 0 aliphatic carbocycles. The van der Waals surface area contributed by atoms with Gasteiger partial charge in [-0.15, -0.1) is 0 Å². The number of nitrogens with zero attached hydrogens (tertiary/aromatic N) is 2. The second-order valence-corrected chi connectivity index (χ2v) is 5.77. The lowest BCUT2D eigenvalue weighted by atomic mass is 10.2. The van der Waals surface area contributed by atoms with E-state index in [1.165, 1.54) is 0 Å². The summed E-state index contributed by atoms with van der Waals surface area (Å²) in [6.45, 7) is 3.94. The summed E-state index contributed by atoms with van der Waals surface area (Å²) in [7, 11) is 0. The molecule has 0 bridgehead atoms. The van der Waals surface area contributed by atoms with Crippen LogP contribution in [0.25, 0.3) is 0 Å². The fraction of sp³-hybridized carbons (Fsp3) is 0.231. The minimum Gasteiger partial charge on any atom is -0.291 e. The van der Waals surface area contributed by atoms with E-state index in [1.807, 2.05) is 6.92 Å². The predicted molar refractivity (Wildman–Crippen MR) is 81.2 cm³/mol. The molecule has 0 atom stereocenters. The van der Waals surface area contributed by atoms with Crippen molar-refractivity contribution < 1.29 is 0 Å². The first-order valence-electron chi connectivity index (χ1n) is 5.58. The van der Waals surface area contributed by atoms with Crippen LogP contribution in [0.1, 0.15) is 17.0 Å². The molecule has 1 aromatic carbocycles. The molecule has 0 saturated heterocycles. The van der Waals surface area contributed by atoms with Crippen molar-refractivity contribution in [2.75, 3.05) is 0 Å². The highest BCUT2D eigenvalue weighted by Crippen LogP contribution is 2.26. The second kappa shape index (κ2) is 5.65. The molecule has 1 aromatic heterocycles. The molecule has 0 saturated carbocycles. The summed E-state index contributed by atoms with van der Waals surface area (Å²) in [5, 5.41) is 1.07. The quantitative estimate of drug-likeness (QED) is 0.810. The van der Waals surface area contributed by atoms with Crippen LogP contribution < -0.4 is 5.69 Å². The molecule has 0 spiro atoms. The molecule has 0 amide bonds. The van der Waals surface area contributed by atoms with Crippen LogP contribution in [-0.2, 0) is 6.54 Å². The third kappa shape index (κ3) is 2.86. The standard InChI is InChI=1S/C13H11BrCl2N2O/c1-7-12(14)8(2)18(13(19)17-7)6-9-10(15)4-3-5-11(9)16/h3-5H,6H2,1-2H3. The van der Waals surface area contributed by atoms with E-state index in [0.29, 0.717) is 27.8 Å². The number of halogens is 3. The van der Waals surface area contributed by atoms with Crippen molar-refractivity contribution in [1.82, 2.24) is 9.55 Å². The maximum atomic E-state index is 12.0. The molecule has 0 N–H and O–H groups in total. The van der Waals surface area contributed by atoms with Crippen molar-refractivity contribution in [3.8, 4) is 0 Å². The maximum absolute atomic E-state index is 12.0. The topological polar surface area (TPSA) is 34.9 Å². The Kier molecular flexibility index (Phi) is 4.33. The van der Waals surface area contributed by atoms with Gasteiger partial charge >= 0.3 is 5.69 Å². The van der Waals surface area contributed by atoms with Crippen molar-refractivity contribution in [3.63, 3.8) is 0 Å². The van der Waals surface area contributed by atoms with Gasteiger partial charge in [-0.25, -0.2) is 4.79 Å². The lowest BCUT2D eigenvalue weighted by molar-refractivity contribution is 0.689. The fourth-order valence-electron chi connectivity index (χ4n) is 1.80. The summed E-state index contributed by atoms with van der Waals surface area (Å²) in [5.74, 6) is 0. The number of hydrogen-bond donors (Lipinski definition) is 0. The van der Waals surface area contributed by atoms with Gasteiger partial charge in [0.2, 0.25) is 0 Å².